The van der Waals surface area contributed by atoms with Gasteiger partial charge in [-0.05, 0) is 18.6 Å². The number of rotatable bonds is 4. The van der Waals surface area contributed by atoms with Crippen molar-refractivity contribution >= 4 is 22.6 Å². The quantitative estimate of drug-likeness (QED) is 0.606. The summed E-state index contributed by atoms with van der Waals surface area (Å²) in [5.41, 5.74) is 2.26. The predicted molar refractivity (Wildman–Crippen MR) is 76.8 cm³/mol. The molecular formula is C15H17ClN2. The highest BCUT2D eigenvalue weighted by molar-refractivity contribution is 6.18. The third-order valence-electron chi connectivity index (χ3n) is 2.77. The number of imidazole rings is 1. The molecule has 0 aliphatic rings. The van der Waals surface area contributed by atoms with Crippen molar-refractivity contribution in [2.24, 2.45) is 0 Å². The van der Waals surface area contributed by atoms with E-state index in [4.69, 9.17) is 11.6 Å². The van der Waals surface area contributed by atoms with Crippen molar-refractivity contribution < 1.29 is 0 Å². The monoisotopic (exact) mass is 260 g/mol. The number of fused-ring (bicyclic) bond motifs is 1. The van der Waals surface area contributed by atoms with Gasteiger partial charge in [0.15, 0.2) is 0 Å². The molecule has 0 N–H and O–H groups in total. The number of hydrogen-bond acceptors (Lipinski definition) is 1. The molecule has 1 heterocycles. The summed E-state index contributed by atoms with van der Waals surface area (Å²) in [6.07, 6.45) is 2.55. The minimum absolute atomic E-state index is 0.596. The summed E-state index contributed by atoms with van der Waals surface area (Å²) >= 11 is 5.61. The first-order valence-electron chi connectivity index (χ1n) is 6.32. The number of alkyl halides is 1. The van der Waals surface area contributed by atoms with Crippen LogP contribution in [0.25, 0.3) is 11.0 Å². The van der Waals surface area contributed by atoms with Crippen molar-refractivity contribution in [2.45, 2.75) is 32.7 Å². The van der Waals surface area contributed by atoms with E-state index in [0.717, 1.165) is 30.7 Å². The van der Waals surface area contributed by atoms with Gasteiger partial charge in [0.25, 0.3) is 0 Å². The molecule has 2 rings (SSSR count). The molecule has 0 atom stereocenters. The number of hydrogen-bond donors (Lipinski definition) is 0. The lowest BCUT2D eigenvalue weighted by molar-refractivity contribution is 0.668. The Hall–Kier alpha value is -1.46. The van der Waals surface area contributed by atoms with E-state index < -0.39 is 0 Å². The lowest BCUT2D eigenvalue weighted by Gasteiger charge is -2.04. The summed E-state index contributed by atoms with van der Waals surface area (Å²) in [6.45, 7) is 3.17. The average Bonchev–Trinajstić information content (AvgIpc) is 2.74. The van der Waals surface area contributed by atoms with E-state index in [9.17, 15) is 0 Å². The summed E-state index contributed by atoms with van der Waals surface area (Å²) < 4.78 is 2.27. The van der Waals surface area contributed by atoms with Gasteiger partial charge in [-0.1, -0.05) is 25.0 Å². The van der Waals surface area contributed by atoms with Crippen LogP contribution in [-0.4, -0.2) is 15.4 Å². The molecule has 0 amide bonds. The Bertz CT molecular complexity index is 575. The fourth-order valence-corrected chi connectivity index (χ4v) is 2.11. The lowest BCUT2D eigenvalue weighted by atomic mass is 10.3. The van der Waals surface area contributed by atoms with Gasteiger partial charge < -0.3 is 4.57 Å². The first-order chi connectivity index (χ1) is 8.86. The first kappa shape index (κ1) is 13.0. The Morgan fingerprint density at radius 3 is 2.89 bits per heavy atom. The molecular weight excluding hydrogens is 244 g/mol. The van der Waals surface area contributed by atoms with Crippen LogP contribution in [0.2, 0.25) is 0 Å². The maximum atomic E-state index is 5.61. The molecule has 0 aliphatic carbocycles. The standard InChI is InChI=1S/C15H17ClN2/c1-2-12-18-14-9-6-5-8-13(14)17-15(18)10-4-3-7-11-16/h5-6,8-9H,2,7,10-12H2,1H3. The second kappa shape index (κ2) is 6.47. The van der Waals surface area contributed by atoms with Crippen LogP contribution in [0.15, 0.2) is 24.3 Å². The van der Waals surface area contributed by atoms with Crippen molar-refractivity contribution in [3.8, 4) is 11.8 Å². The van der Waals surface area contributed by atoms with E-state index in [1.54, 1.807) is 0 Å². The van der Waals surface area contributed by atoms with Crippen molar-refractivity contribution in [3.05, 3.63) is 30.1 Å². The number of para-hydroxylation sites is 2. The zero-order valence-corrected chi connectivity index (χ0v) is 11.4. The van der Waals surface area contributed by atoms with Crippen molar-refractivity contribution in [1.29, 1.82) is 0 Å². The van der Waals surface area contributed by atoms with Gasteiger partial charge in [0, 0.05) is 18.8 Å². The van der Waals surface area contributed by atoms with Crippen LogP contribution >= 0.6 is 11.6 Å². The molecule has 0 bridgehead atoms. The van der Waals surface area contributed by atoms with Crippen LogP contribution in [0.3, 0.4) is 0 Å². The largest absolute Gasteiger partial charge is 0.327 e. The smallest absolute Gasteiger partial charge is 0.121 e. The Morgan fingerprint density at radius 1 is 1.28 bits per heavy atom. The van der Waals surface area contributed by atoms with Crippen LogP contribution in [-0.2, 0) is 13.0 Å². The normalized spacial score (nSPS) is 10.3. The van der Waals surface area contributed by atoms with Gasteiger partial charge in [0.1, 0.15) is 5.82 Å². The Balaban J connectivity index is 2.31. The van der Waals surface area contributed by atoms with Crippen LogP contribution < -0.4 is 0 Å². The van der Waals surface area contributed by atoms with Gasteiger partial charge in [-0.15, -0.1) is 17.5 Å². The van der Waals surface area contributed by atoms with Gasteiger partial charge >= 0.3 is 0 Å². The van der Waals surface area contributed by atoms with Crippen LogP contribution in [0.5, 0.6) is 0 Å². The fraction of sp³-hybridized carbons (Fsp3) is 0.400. The lowest BCUT2D eigenvalue weighted by Crippen LogP contribution is -2.02. The average molecular weight is 261 g/mol. The van der Waals surface area contributed by atoms with E-state index in [1.165, 1.54) is 5.52 Å². The number of benzene rings is 1. The van der Waals surface area contributed by atoms with Crippen molar-refractivity contribution in [1.82, 2.24) is 9.55 Å². The van der Waals surface area contributed by atoms with Crippen molar-refractivity contribution in [3.63, 3.8) is 0 Å². The van der Waals surface area contributed by atoms with Gasteiger partial charge in [0.2, 0.25) is 0 Å². The van der Waals surface area contributed by atoms with Gasteiger partial charge in [-0.25, -0.2) is 4.98 Å². The van der Waals surface area contributed by atoms with E-state index in [2.05, 4.69) is 46.5 Å². The van der Waals surface area contributed by atoms with Crippen LogP contribution in [0.4, 0.5) is 0 Å². The number of aromatic nitrogens is 2. The fourth-order valence-electron chi connectivity index (χ4n) is 2.01. The maximum absolute atomic E-state index is 5.61. The Labute approximate surface area is 113 Å². The molecule has 1 aromatic carbocycles. The molecule has 0 radical (unpaired) electrons. The highest BCUT2D eigenvalue weighted by atomic mass is 35.5. The summed E-state index contributed by atoms with van der Waals surface area (Å²) in [6, 6.07) is 8.25. The molecule has 0 saturated heterocycles. The zero-order valence-electron chi connectivity index (χ0n) is 10.6. The minimum atomic E-state index is 0.596. The summed E-state index contributed by atoms with van der Waals surface area (Å²) in [5.74, 6) is 7.86. The van der Waals surface area contributed by atoms with E-state index in [-0.39, 0.29) is 0 Å². The van der Waals surface area contributed by atoms with Crippen molar-refractivity contribution in [2.75, 3.05) is 5.88 Å². The molecule has 0 fully saturated rings. The van der Waals surface area contributed by atoms with E-state index in [0.29, 0.717) is 12.3 Å². The molecule has 3 heteroatoms. The molecule has 2 nitrogen and oxygen atoms in total. The topological polar surface area (TPSA) is 17.8 Å². The second-order valence-electron chi connectivity index (χ2n) is 4.14. The van der Waals surface area contributed by atoms with E-state index >= 15 is 0 Å². The third-order valence-corrected chi connectivity index (χ3v) is 2.96. The van der Waals surface area contributed by atoms with Gasteiger partial charge in [-0.2, -0.15) is 0 Å². The summed E-state index contributed by atoms with van der Waals surface area (Å²) in [4.78, 5) is 4.66. The highest BCUT2D eigenvalue weighted by Gasteiger charge is 2.07. The molecule has 0 unspecified atom stereocenters. The zero-order chi connectivity index (χ0) is 12.8. The molecule has 0 spiro atoms. The van der Waals surface area contributed by atoms with Gasteiger partial charge in [-0.3, -0.25) is 0 Å². The highest BCUT2D eigenvalue weighted by Crippen LogP contribution is 2.16. The molecule has 2 aromatic rings. The van der Waals surface area contributed by atoms with Crippen LogP contribution in [0.1, 0.15) is 25.6 Å². The number of nitrogens with zero attached hydrogens (tertiary/aromatic N) is 2. The van der Waals surface area contributed by atoms with E-state index in [1.807, 2.05) is 6.07 Å². The number of halogens is 1. The summed E-state index contributed by atoms with van der Waals surface area (Å²) in [7, 11) is 0. The Morgan fingerprint density at radius 2 is 2.11 bits per heavy atom. The summed E-state index contributed by atoms with van der Waals surface area (Å²) in [5, 5.41) is 0. The third kappa shape index (κ3) is 2.86. The first-order valence-corrected chi connectivity index (χ1v) is 6.86. The Kier molecular flexibility index (Phi) is 4.66. The van der Waals surface area contributed by atoms with Gasteiger partial charge in [0.05, 0.1) is 17.5 Å². The molecule has 0 aliphatic heterocycles. The minimum Gasteiger partial charge on any atom is -0.327 e. The molecule has 94 valence electrons. The predicted octanol–water partition coefficient (Wildman–Crippen LogP) is 3.62. The second-order valence-corrected chi connectivity index (χ2v) is 4.52. The molecule has 0 saturated carbocycles. The van der Waals surface area contributed by atoms with Crippen LogP contribution in [0, 0.1) is 11.8 Å². The molecule has 18 heavy (non-hydrogen) atoms. The molecule has 1 aromatic heterocycles. The number of aryl methyl sites for hydroxylation is 1. The maximum Gasteiger partial charge on any atom is 0.121 e. The SMILES string of the molecule is CCCn1c(CC#CCCCl)nc2ccccc21.